The Kier molecular flexibility index (Phi) is 4.59. The van der Waals surface area contributed by atoms with Crippen molar-refractivity contribution in [3.63, 3.8) is 0 Å². The number of rotatable bonds is 4. The van der Waals surface area contributed by atoms with Crippen LogP contribution in [0.15, 0.2) is 48.9 Å². The van der Waals surface area contributed by atoms with Crippen LogP contribution in [0.4, 0.5) is 0 Å². The topological polar surface area (TPSA) is 52.8 Å². The predicted molar refractivity (Wildman–Crippen MR) is 111 cm³/mol. The lowest BCUT2D eigenvalue weighted by Crippen LogP contribution is -1.99. The number of hydrogen-bond acceptors (Lipinski definition) is 4. The summed E-state index contributed by atoms with van der Waals surface area (Å²) in [6.45, 7) is 10.7. The van der Waals surface area contributed by atoms with Crippen molar-refractivity contribution >= 4 is 11.0 Å². The van der Waals surface area contributed by atoms with E-state index >= 15 is 0 Å². The highest BCUT2D eigenvalue weighted by molar-refractivity contribution is 5.81. The molecule has 0 bridgehead atoms. The molecule has 0 saturated heterocycles. The molecule has 5 heteroatoms. The number of benzene rings is 2. The molecule has 4 aromatic rings. The Morgan fingerprint density at radius 1 is 0.893 bits per heavy atom. The molecule has 0 radical (unpaired) electrons. The second kappa shape index (κ2) is 7.08. The quantitative estimate of drug-likeness (QED) is 0.464. The molecule has 2 aromatic carbocycles. The summed E-state index contributed by atoms with van der Waals surface area (Å²) in [5.41, 5.74) is 6.70. The number of nitrogens with zero attached hydrogens (tertiary/aromatic N) is 4. The summed E-state index contributed by atoms with van der Waals surface area (Å²) in [5.74, 6) is 1.76. The minimum Gasteiger partial charge on any atom is -0.438 e. The molecule has 0 fully saturated rings. The largest absolute Gasteiger partial charge is 0.438 e. The van der Waals surface area contributed by atoms with Gasteiger partial charge in [0, 0.05) is 0 Å². The number of hydrogen-bond donors (Lipinski definition) is 0. The summed E-state index contributed by atoms with van der Waals surface area (Å²) in [7, 11) is 0. The highest BCUT2D eigenvalue weighted by atomic mass is 16.5. The molecule has 0 amide bonds. The van der Waals surface area contributed by atoms with Crippen LogP contribution in [0, 0.1) is 20.8 Å². The fraction of sp³-hybridized carbons (Fsp3) is 0.261. The molecular formula is C23H24N4O. The van der Waals surface area contributed by atoms with Crippen LogP contribution in [0.5, 0.6) is 11.6 Å². The van der Waals surface area contributed by atoms with Gasteiger partial charge in [0.25, 0.3) is 0 Å². The Bertz CT molecular complexity index is 1160. The van der Waals surface area contributed by atoms with Gasteiger partial charge in [-0.2, -0.15) is 5.10 Å². The number of aromatic nitrogens is 4. The van der Waals surface area contributed by atoms with Crippen molar-refractivity contribution in [3.05, 3.63) is 71.2 Å². The average Bonchev–Trinajstić information content (AvgIpc) is 3.09. The fourth-order valence-electron chi connectivity index (χ4n) is 3.42. The first-order chi connectivity index (χ1) is 13.4. The van der Waals surface area contributed by atoms with Gasteiger partial charge in [0.1, 0.15) is 17.5 Å². The van der Waals surface area contributed by atoms with Crippen molar-refractivity contribution in [1.29, 1.82) is 0 Å². The van der Waals surface area contributed by atoms with Gasteiger partial charge in [0.05, 0.1) is 11.9 Å². The molecule has 4 rings (SSSR count). The van der Waals surface area contributed by atoms with Crippen LogP contribution in [0.3, 0.4) is 0 Å². The lowest BCUT2D eigenvalue weighted by atomic mass is 9.98. The van der Waals surface area contributed by atoms with E-state index in [-0.39, 0.29) is 0 Å². The molecule has 28 heavy (non-hydrogen) atoms. The Morgan fingerprint density at radius 2 is 1.71 bits per heavy atom. The van der Waals surface area contributed by atoms with Crippen LogP contribution in [0.1, 0.15) is 42.0 Å². The van der Waals surface area contributed by atoms with Crippen LogP contribution in [0.25, 0.3) is 16.7 Å². The first-order valence-electron chi connectivity index (χ1n) is 9.49. The normalized spacial score (nSPS) is 11.4. The maximum atomic E-state index is 6.09. The molecule has 2 heterocycles. The molecule has 0 atom stereocenters. The third-order valence-electron chi connectivity index (χ3n) is 5.14. The molecule has 0 saturated carbocycles. The predicted octanol–water partition coefficient (Wildman–Crippen LogP) is 5.66. The molecule has 0 aliphatic rings. The third kappa shape index (κ3) is 3.24. The zero-order valence-electron chi connectivity index (χ0n) is 16.9. The molecule has 0 aliphatic heterocycles. The van der Waals surface area contributed by atoms with Gasteiger partial charge in [-0.3, -0.25) is 0 Å². The Hall–Kier alpha value is -3.21. The summed E-state index contributed by atoms with van der Waals surface area (Å²) < 4.78 is 7.92. The molecule has 142 valence electrons. The Labute approximate surface area is 165 Å². The van der Waals surface area contributed by atoms with Gasteiger partial charge in [-0.25, -0.2) is 14.6 Å². The third-order valence-corrected chi connectivity index (χ3v) is 5.14. The van der Waals surface area contributed by atoms with E-state index in [9.17, 15) is 0 Å². The Morgan fingerprint density at radius 3 is 2.43 bits per heavy atom. The Balaban J connectivity index is 1.72. The van der Waals surface area contributed by atoms with Crippen LogP contribution < -0.4 is 4.74 Å². The smallest absolute Gasteiger partial charge is 0.233 e. The van der Waals surface area contributed by atoms with E-state index in [1.807, 2.05) is 16.8 Å². The van der Waals surface area contributed by atoms with Gasteiger partial charge in [0.15, 0.2) is 5.65 Å². The molecule has 5 nitrogen and oxygen atoms in total. The maximum Gasteiger partial charge on any atom is 0.233 e. The SMILES string of the molecule is Cc1ccc(-n2ncc3c(Oc4ccc(C(C)C)c(C)c4)ncnc32)cc1C. The average molecular weight is 372 g/mol. The van der Waals surface area contributed by atoms with E-state index in [0.29, 0.717) is 11.8 Å². The standard InChI is InChI=1S/C23H24N4O/c1-14(2)20-9-8-19(11-17(20)5)28-23-21-12-26-27(22(21)24-13-25-23)18-7-6-15(3)16(4)10-18/h6-14H,1-5H3. The van der Waals surface area contributed by atoms with Gasteiger partial charge >= 0.3 is 0 Å². The first kappa shape index (κ1) is 18.2. The summed E-state index contributed by atoms with van der Waals surface area (Å²) in [6.07, 6.45) is 3.28. The minimum absolute atomic E-state index is 0.482. The van der Waals surface area contributed by atoms with E-state index in [2.05, 4.69) is 74.0 Å². The van der Waals surface area contributed by atoms with Crippen molar-refractivity contribution in [1.82, 2.24) is 19.7 Å². The van der Waals surface area contributed by atoms with E-state index in [1.165, 1.54) is 28.6 Å². The molecule has 0 aliphatic carbocycles. The highest BCUT2D eigenvalue weighted by Gasteiger charge is 2.14. The van der Waals surface area contributed by atoms with Gasteiger partial charge in [-0.05, 0) is 73.2 Å². The maximum absolute atomic E-state index is 6.09. The minimum atomic E-state index is 0.482. The highest BCUT2D eigenvalue weighted by Crippen LogP contribution is 2.30. The number of ether oxygens (including phenoxy) is 1. The monoisotopic (exact) mass is 372 g/mol. The van der Waals surface area contributed by atoms with Crippen LogP contribution >= 0.6 is 0 Å². The van der Waals surface area contributed by atoms with Crippen molar-refractivity contribution < 1.29 is 4.74 Å². The summed E-state index contributed by atoms with van der Waals surface area (Å²) in [6, 6.07) is 12.4. The van der Waals surface area contributed by atoms with Crippen LogP contribution in [0.2, 0.25) is 0 Å². The van der Waals surface area contributed by atoms with E-state index < -0.39 is 0 Å². The van der Waals surface area contributed by atoms with E-state index in [0.717, 1.165) is 22.5 Å². The molecule has 0 unspecified atom stereocenters. The lowest BCUT2D eigenvalue weighted by Gasteiger charge is -2.12. The fourth-order valence-corrected chi connectivity index (χ4v) is 3.42. The molecule has 2 aromatic heterocycles. The van der Waals surface area contributed by atoms with Crippen molar-refractivity contribution in [2.75, 3.05) is 0 Å². The number of aryl methyl sites for hydroxylation is 3. The van der Waals surface area contributed by atoms with Crippen LogP contribution in [-0.2, 0) is 0 Å². The second-order valence-electron chi connectivity index (χ2n) is 7.52. The zero-order valence-corrected chi connectivity index (χ0v) is 16.9. The number of fused-ring (bicyclic) bond motifs is 1. The second-order valence-corrected chi connectivity index (χ2v) is 7.52. The summed E-state index contributed by atoms with van der Waals surface area (Å²) >= 11 is 0. The van der Waals surface area contributed by atoms with Crippen molar-refractivity contribution in [3.8, 4) is 17.3 Å². The van der Waals surface area contributed by atoms with Crippen molar-refractivity contribution in [2.45, 2.75) is 40.5 Å². The van der Waals surface area contributed by atoms with Crippen molar-refractivity contribution in [2.24, 2.45) is 0 Å². The molecule has 0 spiro atoms. The zero-order chi connectivity index (χ0) is 19.8. The summed E-state index contributed by atoms with van der Waals surface area (Å²) in [4.78, 5) is 8.78. The summed E-state index contributed by atoms with van der Waals surface area (Å²) in [5, 5.41) is 5.31. The van der Waals surface area contributed by atoms with Gasteiger partial charge < -0.3 is 4.74 Å². The van der Waals surface area contributed by atoms with E-state index in [1.54, 1.807) is 6.20 Å². The van der Waals surface area contributed by atoms with Crippen LogP contribution in [-0.4, -0.2) is 19.7 Å². The lowest BCUT2D eigenvalue weighted by molar-refractivity contribution is 0.467. The molecule has 0 N–H and O–H groups in total. The van der Waals surface area contributed by atoms with Gasteiger partial charge in [-0.1, -0.05) is 26.0 Å². The van der Waals surface area contributed by atoms with Gasteiger partial charge in [0.2, 0.25) is 5.88 Å². The molecular weight excluding hydrogens is 348 g/mol. The first-order valence-corrected chi connectivity index (χ1v) is 9.49. The van der Waals surface area contributed by atoms with Gasteiger partial charge in [-0.15, -0.1) is 0 Å². The van der Waals surface area contributed by atoms with E-state index in [4.69, 9.17) is 4.74 Å².